The van der Waals surface area contributed by atoms with Gasteiger partial charge in [0.2, 0.25) is 0 Å². The minimum absolute atomic E-state index is 0.199. The van der Waals surface area contributed by atoms with E-state index in [9.17, 15) is 14.0 Å². The fraction of sp³-hybridized carbons (Fsp3) is 0.200. The summed E-state index contributed by atoms with van der Waals surface area (Å²) in [5.74, 6) is -1.47. The van der Waals surface area contributed by atoms with Crippen LogP contribution in [0.5, 0.6) is 0 Å². The maximum Gasteiger partial charge on any atom is 0.379 e. The summed E-state index contributed by atoms with van der Waals surface area (Å²) < 4.78 is 20.2. The Balaban J connectivity index is 1.55. The number of thiophene rings is 1. The highest BCUT2D eigenvalue weighted by Gasteiger charge is 2.25. The van der Waals surface area contributed by atoms with Gasteiger partial charge in [-0.15, -0.1) is 16.4 Å². The minimum Gasteiger partial charge on any atom is -0.447 e. The number of carbonyl (C=O) groups excluding carboxylic acids is 2. The largest absolute Gasteiger partial charge is 0.447 e. The molecular weight excluding hydrogens is 455 g/mol. The molecule has 0 aliphatic rings. The van der Waals surface area contributed by atoms with Crippen LogP contribution < -0.4 is 5.32 Å². The molecule has 9 heteroatoms. The van der Waals surface area contributed by atoms with Gasteiger partial charge in [0, 0.05) is 5.69 Å². The van der Waals surface area contributed by atoms with E-state index in [-0.39, 0.29) is 11.6 Å². The second-order valence-electron chi connectivity index (χ2n) is 7.94. The lowest BCUT2D eigenvalue weighted by Crippen LogP contribution is -2.30. The molecule has 0 fully saturated rings. The van der Waals surface area contributed by atoms with E-state index in [0.29, 0.717) is 17.2 Å². The predicted molar refractivity (Wildman–Crippen MR) is 129 cm³/mol. The molecule has 1 atom stereocenters. The van der Waals surface area contributed by atoms with E-state index in [2.05, 4.69) is 15.4 Å². The van der Waals surface area contributed by atoms with Crippen molar-refractivity contribution in [1.82, 2.24) is 14.8 Å². The number of halogens is 1. The van der Waals surface area contributed by atoms with Gasteiger partial charge in [0.1, 0.15) is 5.82 Å². The molecule has 7 nitrogen and oxygen atoms in total. The van der Waals surface area contributed by atoms with Crippen molar-refractivity contribution in [2.24, 2.45) is 0 Å². The molecule has 2 aromatic heterocycles. The Labute approximate surface area is 200 Å². The summed E-state index contributed by atoms with van der Waals surface area (Å²) in [4.78, 5) is 30.6. The summed E-state index contributed by atoms with van der Waals surface area (Å²) in [6.07, 6.45) is -1.07. The quantitative estimate of drug-likeness (QED) is 0.383. The number of hydrogen-bond acceptors (Lipinski definition) is 6. The van der Waals surface area contributed by atoms with Crippen LogP contribution in [0, 0.1) is 26.6 Å². The Kier molecular flexibility index (Phi) is 6.56. The molecule has 4 rings (SSSR count). The number of esters is 1. The van der Waals surface area contributed by atoms with Gasteiger partial charge >= 0.3 is 5.97 Å². The number of ether oxygens (including phenoxy) is 1. The fourth-order valence-electron chi connectivity index (χ4n) is 3.59. The van der Waals surface area contributed by atoms with Crippen molar-refractivity contribution < 1.29 is 18.7 Å². The maximum absolute atomic E-state index is 13.4. The van der Waals surface area contributed by atoms with Crippen LogP contribution in [0.25, 0.3) is 16.4 Å². The van der Waals surface area contributed by atoms with E-state index in [0.717, 1.165) is 21.6 Å². The smallest absolute Gasteiger partial charge is 0.379 e. The first-order valence-electron chi connectivity index (χ1n) is 10.6. The van der Waals surface area contributed by atoms with E-state index in [1.54, 1.807) is 12.1 Å². The molecule has 2 aromatic carbocycles. The summed E-state index contributed by atoms with van der Waals surface area (Å²) in [7, 11) is 0. The molecule has 0 saturated heterocycles. The summed E-state index contributed by atoms with van der Waals surface area (Å²) in [6, 6.07) is 13.3. The van der Waals surface area contributed by atoms with Crippen molar-refractivity contribution in [3.63, 3.8) is 0 Å². The topological polar surface area (TPSA) is 86.1 Å². The Morgan fingerprint density at radius 1 is 1.09 bits per heavy atom. The SMILES string of the molecule is Cc1cc(C)c(NC(=O)[C@H](C)OC(=O)c2nc(-c3cccs3)n(-c3ccc(F)cc3)n2)c(C)c1. The zero-order valence-corrected chi connectivity index (χ0v) is 19.9. The number of carbonyl (C=O) groups is 2. The Morgan fingerprint density at radius 3 is 2.38 bits per heavy atom. The van der Waals surface area contributed by atoms with Gasteiger partial charge in [-0.1, -0.05) is 23.8 Å². The summed E-state index contributed by atoms with van der Waals surface area (Å²) in [6.45, 7) is 7.29. The maximum atomic E-state index is 13.4. The van der Waals surface area contributed by atoms with Crippen molar-refractivity contribution >= 4 is 28.9 Å². The van der Waals surface area contributed by atoms with Gasteiger partial charge in [-0.25, -0.2) is 13.9 Å². The first-order chi connectivity index (χ1) is 16.2. The van der Waals surface area contributed by atoms with Crippen LogP contribution in [0.15, 0.2) is 53.9 Å². The van der Waals surface area contributed by atoms with Crippen molar-refractivity contribution in [1.29, 1.82) is 0 Å². The normalized spacial score (nSPS) is 11.8. The van der Waals surface area contributed by atoms with E-state index in [4.69, 9.17) is 4.74 Å². The first-order valence-corrected chi connectivity index (χ1v) is 11.5. The Bertz CT molecular complexity index is 1320. The zero-order chi connectivity index (χ0) is 24.4. The van der Waals surface area contributed by atoms with Gasteiger partial charge in [-0.2, -0.15) is 4.98 Å². The average molecular weight is 479 g/mol. The lowest BCUT2D eigenvalue weighted by atomic mass is 10.0. The lowest BCUT2D eigenvalue weighted by molar-refractivity contribution is -0.123. The molecular formula is C25H23FN4O3S. The van der Waals surface area contributed by atoms with Crippen LogP contribution in [0.4, 0.5) is 10.1 Å². The molecule has 1 N–H and O–H groups in total. The molecule has 0 aliphatic heterocycles. The molecule has 0 spiro atoms. The average Bonchev–Trinajstić information content (AvgIpc) is 3.46. The molecule has 0 unspecified atom stereocenters. The number of anilines is 1. The number of amides is 1. The van der Waals surface area contributed by atoms with E-state index in [1.165, 1.54) is 35.1 Å². The number of benzene rings is 2. The van der Waals surface area contributed by atoms with Crippen molar-refractivity contribution in [2.75, 3.05) is 5.32 Å². The van der Waals surface area contributed by atoms with Crippen molar-refractivity contribution in [3.8, 4) is 16.4 Å². The predicted octanol–water partition coefficient (Wildman–Crippen LogP) is 5.24. The first kappa shape index (κ1) is 23.3. The Hall–Kier alpha value is -3.85. The minimum atomic E-state index is -1.07. The number of rotatable bonds is 6. The highest BCUT2D eigenvalue weighted by Crippen LogP contribution is 2.26. The third kappa shape index (κ3) is 4.89. The highest BCUT2D eigenvalue weighted by molar-refractivity contribution is 7.13. The molecule has 0 bridgehead atoms. The van der Waals surface area contributed by atoms with Gasteiger partial charge in [0.25, 0.3) is 11.7 Å². The van der Waals surface area contributed by atoms with Gasteiger partial charge in [-0.3, -0.25) is 4.79 Å². The van der Waals surface area contributed by atoms with Gasteiger partial charge in [-0.05, 0) is 74.5 Å². The third-order valence-electron chi connectivity index (χ3n) is 5.18. The number of aryl methyl sites for hydroxylation is 3. The number of aromatic nitrogens is 3. The molecule has 0 aliphatic carbocycles. The van der Waals surface area contributed by atoms with Gasteiger partial charge < -0.3 is 10.1 Å². The molecule has 0 radical (unpaired) electrons. The lowest BCUT2D eigenvalue weighted by Gasteiger charge is -2.16. The van der Waals surface area contributed by atoms with Crippen LogP contribution in [-0.4, -0.2) is 32.7 Å². The number of nitrogens with one attached hydrogen (secondary N) is 1. The van der Waals surface area contributed by atoms with Crippen LogP contribution in [-0.2, 0) is 9.53 Å². The Morgan fingerprint density at radius 2 is 1.76 bits per heavy atom. The number of nitrogens with zero attached hydrogens (tertiary/aromatic N) is 3. The standard InChI is InChI=1S/C25H23FN4O3S/c1-14-12-15(2)21(16(3)13-14)27-24(31)17(4)33-25(32)22-28-23(20-6-5-11-34-20)30(29-22)19-9-7-18(26)8-10-19/h5-13,17H,1-4H3,(H,27,31)/t17-/m0/s1. The van der Waals surface area contributed by atoms with Crippen LogP contribution in [0.1, 0.15) is 34.2 Å². The molecule has 0 saturated carbocycles. The molecule has 174 valence electrons. The molecule has 34 heavy (non-hydrogen) atoms. The number of hydrogen-bond donors (Lipinski definition) is 1. The fourth-order valence-corrected chi connectivity index (χ4v) is 4.29. The highest BCUT2D eigenvalue weighted by atomic mass is 32.1. The van der Waals surface area contributed by atoms with Crippen molar-refractivity contribution in [2.45, 2.75) is 33.8 Å². The van der Waals surface area contributed by atoms with E-state index in [1.807, 2.05) is 50.4 Å². The van der Waals surface area contributed by atoms with Gasteiger partial charge in [0.05, 0.1) is 10.6 Å². The zero-order valence-electron chi connectivity index (χ0n) is 19.1. The summed E-state index contributed by atoms with van der Waals surface area (Å²) in [5, 5.41) is 8.99. The second-order valence-corrected chi connectivity index (χ2v) is 8.88. The van der Waals surface area contributed by atoms with E-state index < -0.39 is 18.0 Å². The van der Waals surface area contributed by atoms with Gasteiger partial charge in [0.15, 0.2) is 11.9 Å². The van der Waals surface area contributed by atoms with E-state index >= 15 is 0 Å². The van der Waals surface area contributed by atoms with Crippen LogP contribution in [0.2, 0.25) is 0 Å². The summed E-state index contributed by atoms with van der Waals surface area (Å²) in [5.41, 5.74) is 4.16. The van der Waals surface area contributed by atoms with Crippen molar-refractivity contribution in [3.05, 3.63) is 82.2 Å². The van der Waals surface area contributed by atoms with Crippen LogP contribution in [0.3, 0.4) is 0 Å². The molecule has 4 aromatic rings. The summed E-state index contributed by atoms with van der Waals surface area (Å²) >= 11 is 1.42. The second kappa shape index (κ2) is 9.56. The molecule has 2 heterocycles. The third-order valence-corrected chi connectivity index (χ3v) is 6.05. The van der Waals surface area contributed by atoms with Crippen LogP contribution >= 0.6 is 11.3 Å². The monoisotopic (exact) mass is 478 g/mol. The molecule has 1 amide bonds.